The van der Waals surface area contributed by atoms with E-state index in [9.17, 15) is 8.42 Å². The Bertz CT molecular complexity index is 1190. The van der Waals surface area contributed by atoms with Crippen LogP contribution in [-0.4, -0.2) is 36.9 Å². The highest BCUT2D eigenvalue weighted by Gasteiger charge is 2.31. The Morgan fingerprint density at radius 2 is 1.71 bits per heavy atom. The smallest absolute Gasteiger partial charge is 0.274 e. The lowest BCUT2D eigenvalue weighted by molar-refractivity contribution is 0.135. The van der Waals surface area contributed by atoms with E-state index < -0.39 is 10.0 Å². The van der Waals surface area contributed by atoms with Gasteiger partial charge in [-0.15, -0.1) is 0 Å². The van der Waals surface area contributed by atoms with Gasteiger partial charge in [0.05, 0.1) is 15.1 Å². The fourth-order valence-electron chi connectivity index (χ4n) is 4.64. The fraction of sp³-hybridized carbons (Fsp3) is 0.458. The van der Waals surface area contributed by atoms with Gasteiger partial charge in [0.15, 0.2) is 0 Å². The van der Waals surface area contributed by atoms with Gasteiger partial charge < -0.3 is 4.74 Å². The maximum atomic E-state index is 13.2. The van der Waals surface area contributed by atoms with Crippen LogP contribution in [0.15, 0.2) is 35.2 Å². The molecule has 164 valence electrons. The number of rotatable bonds is 4. The minimum atomic E-state index is -3.46. The minimum absolute atomic E-state index is 0.00356. The number of aryl methyl sites for hydroxylation is 4. The van der Waals surface area contributed by atoms with Gasteiger partial charge in [0, 0.05) is 13.1 Å². The molecular weight excluding hydrogens is 428 g/mol. The number of thiazole rings is 1. The molecule has 1 saturated heterocycles. The normalized spacial score (nSPS) is 18.3. The van der Waals surface area contributed by atoms with Crippen LogP contribution in [0.5, 0.6) is 5.19 Å². The topological polar surface area (TPSA) is 59.5 Å². The molecule has 1 aliphatic carbocycles. The zero-order chi connectivity index (χ0) is 21.6. The average molecular weight is 457 g/mol. The molecular formula is C24H28N2O3S2. The summed E-state index contributed by atoms with van der Waals surface area (Å²) >= 11 is 1.58. The molecule has 0 atom stereocenters. The van der Waals surface area contributed by atoms with Crippen LogP contribution in [0.2, 0.25) is 0 Å². The second-order valence-corrected chi connectivity index (χ2v) is 11.6. The number of ether oxygens (including phenoxy) is 1. The van der Waals surface area contributed by atoms with Crippen molar-refractivity contribution in [1.82, 2.24) is 9.29 Å². The first-order valence-electron chi connectivity index (χ1n) is 11.1. The molecule has 0 N–H and O–H groups in total. The summed E-state index contributed by atoms with van der Waals surface area (Å²) in [5.74, 6) is 0. The van der Waals surface area contributed by atoms with E-state index in [4.69, 9.17) is 4.74 Å². The molecule has 0 unspecified atom stereocenters. The minimum Gasteiger partial charge on any atom is -0.467 e. The summed E-state index contributed by atoms with van der Waals surface area (Å²) < 4.78 is 35.4. The lowest BCUT2D eigenvalue weighted by Crippen LogP contribution is -2.41. The van der Waals surface area contributed by atoms with E-state index in [1.807, 2.05) is 12.1 Å². The van der Waals surface area contributed by atoms with E-state index in [-0.39, 0.29) is 6.10 Å². The molecule has 5 rings (SSSR count). The fourth-order valence-corrected chi connectivity index (χ4v) is 7.19. The van der Waals surface area contributed by atoms with E-state index in [0.29, 0.717) is 36.0 Å². The highest BCUT2D eigenvalue weighted by atomic mass is 32.2. The van der Waals surface area contributed by atoms with Crippen molar-refractivity contribution < 1.29 is 13.2 Å². The zero-order valence-corrected chi connectivity index (χ0v) is 19.7. The molecule has 3 aromatic rings. The van der Waals surface area contributed by atoms with Gasteiger partial charge in [-0.2, -0.15) is 4.31 Å². The van der Waals surface area contributed by atoms with Crippen LogP contribution in [0.3, 0.4) is 0 Å². The van der Waals surface area contributed by atoms with E-state index in [1.165, 1.54) is 27.8 Å². The highest BCUT2D eigenvalue weighted by Crippen LogP contribution is 2.34. The van der Waals surface area contributed by atoms with Crippen molar-refractivity contribution in [2.45, 2.75) is 63.4 Å². The van der Waals surface area contributed by atoms with Crippen molar-refractivity contribution >= 4 is 31.6 Å². The monoisotopic (exact) mass is 456 g/mol. The Morgan fingerprint density at radius 3 is 2.45 bits per heavy atom. The molecule has 2 aliphatic rings. The number of hydrogen-bond donors (Lipinski definition) is 0. The molecule has 2 aromatic carbocycles. The van der Waals surface area contributed by atoms with Gasteiger partial charge in [0.1, 0.15) is 6.10 Å². The summed E-state index contributed by atoms with van der Waals surface area (Å²) in [5, 5.41) is 0.684. The lowest BCUT2D eigenvalue weighted by atomic mass is 9.92. The SMILES string of the molecule is Cc1ccc(C)c2sc(OC3CCN(S(=O)(=O)c4ccc5c(c4)CCCC5)CC3)nc12. The van der Waals surface area contributed by atoms with Crippen LogP contribution in [0.4, 0.5) is 0 Å². The number of sulfonamides is 1. The van der Waals surface area contributed by atoms with Gasteiger partial charge >= 0.3 is 0 Å². The predicted molar refractivity (Wildman–Crippen MR) is 125 cm³/mol. The molecule has 0 amide bonds. The van der Waals surface area contributed by atoms with Crippen LogP contribution in [0.25, 0.3) is 10.2 Å². The van der Waals surface area contributed by atoms with Gasteiger partial charge in [-0.3, -0.25) is 0 Å². The molecule has 5 nitrogen and oxygen atoms in total. The van der Waals surface area contributed by atoms with Crippen molar-refractivity contribution in [3.8, 4) is 5.19 Å². The summed E-state index contributed by atoms with van der Waals surface area (Å²) in [6.07, 6.45) is 5.73. The van der Waals surface area contributed by atoms with Gasteiger partial charge in [0.2, 0.25) is 10.0 Å². The highest BCUT2D eigenvalue weighted by molar-refractivity contribution is 7.89. The summed E-state index contributed by atoms with van der Waals surface area (Å²) in [6, 6.07) is 9.90. The zero-order valence-electron chi connectivity index (χ0n) is 18.1. The molecule has 7 heteroatoms. The third kappa shape index (κ3) is 3.99. The lowest BCUT2D eigenvalue weighted by Gasteiger charge is -2.31. The molecule has 0 radical (unpaired) electrons. The summed E-state index contributed by atoms with van der Waals surface area (Å²) in [5.41, 5.74) is 5.87. The quantitative estimate of drug-likeness (QED) is 0.553. The van der Waals surface area contributed by atoms with Gasteiger partial charge in [-0.1, -0.05) is 29.5 Å². The first-order valence-corrected chi connectivity index (χ1v) is 13.3. The molecule has 1 aliphatic heterocycles. The molecule has 1 aromatic heterocycles. The first-order chi connectivity index (χ1) is 14.9. The number of hydrogen-bond acceptors (Lipinski definition) is 5. The van der Waals surface area contributed by atoms with Crippen LogP contribution in [0.1, 0.15) is 47.9 Å². The van der Waals surface area contributed by atoms with E-state index in [2.05, 4.69) is 31.0 Å². The largest absolute Gasteiger partial charge is 0.467 e. The summed E-state index contributed by atoms with van der Waals surface area (Å²) in [4.78, 5) is 5.12. The molecule has 31 heavy (non-hydrogen) atoms. The van der Waals surface area contributed by atoms with Gasteiger partial charge in [-0.25, -0.2) is 13.4 Å². The van der Waals surface area contributed by atoms with Crippen molar-refractivity contribution in [1.29, 1.82) is 0 Å². The van der Waals surface area contributed by atoms with Crippen molar-refractivity contribution in [2.24, 2.45) is 0 Å². The number of benzene rings is 2. The molecule has 0 bridgehead atoms. The molecule has 1 fully saturated rings. The first kappa shape index (κ1) is 20.9. The van der Waals surface area contributed by atoms with Crippen LogP contribution >= 0.6 is 11.3 Å². The number of fused-ring (bicyclic) bond motifs is 2. The third-order valence-electron chi connectivity index (χ3n) is 6.55. The maximum absolute atomic E-state index is 13.2. The van der Waals surface area contributed by atoms with E-state index in [1.54, 1.807) is 21.7 Å². The summed E-state index contributed by atoms with van der Waals surface area (Å²) in [7, 11) is -3.46. The average Bonchev–Trinajstić information content (AvgIpc) is 3.21. The van der Waals surface area contributed by atoms with Gasteiger partial charge in [-0.05, 0) is 86.8 Å². The Morgan fingerprint density at radius 1 is 1.00 bits per heavy atom. The van der Waals surface area contributed by atoms with Crippen LogP contribution in [0, 0.1) is 13.8 Å². The van der Waals surface area contributed by atoms with Crippen molar-refractivity contribution in [3.63, 3.8) is 0 Å². The molecule has 0 saturated carbocycles. The van der Waals surface area contributed by atoms with Gasteiger partial charge in [0.25, 0.3) is 5.19 Å². The van der Waals surface area contributed by atoms with Crippen molar-refractivity contribution in [2.75, 3.05) is 13.1 Å². The van der Waals surface area contributed by atoms with E-state index >= 15 is 0 Å². The standard InChI is InChI=1S/C24H28N2O3S2/c1-16-7-8-17(2)23-22(16)25-24(30-23)29-20-11-13-26(14-12-20)31(27,28)21-10-9-18-5-3-4-6-19(18)15-21/h7-10,15,20H,3-6,11-14H2,1-2H3. The number of nitrogens with zero attached hydrogens (tertiary/aromatic N) is 2. The van der Waals surface area contributed by atoms with Crippen molar-refractivity contribution in [3.05, 3.63) is 52.6 Å². The Kier molecular flexibility index (Phi) is 5.52. The van der Waals surface area contributed by atoms with Crippen LogP contribution < -0.4 is 4.74 Å². The van der Waals surface area contributed by atoms with Crippen LogP contribution in [-0.2, 0) is 22.9 Å². The third-order valence-corrected chi connectivity index (χ3v) is 9.52. The molecule has 0 spiro atoms. The number of aromatic nitrogens is 1. The predicted octanol–water partition coefficient (Wildman–Crippen LogP) is 5.02. The Balaban J connectivity index is 1.27. The Labute approximate surface area is 188 Å². The van der Waals surface area contributed by atoms with E-state index in [0.717, 1.165) is 30.3 Å². The second-order valence-electron chi connectivity index (χ2n) is 8.72. The molecule has 2 heterocycles. The number of piperidine rings is 1. The second kappa shape index (κ2) is 8.19. The summed E-state index contributed by atoms with van der Waals surface area (Å²) in [6.45, 7) is 5.11. The maximum Gasteiger partial charge on any atom is 0.274 e. The Hall–Kier alpha value is -1.96.